The molecule has 1 N–H and O–H groups in total. The molecule has 0 aromatic carbocycles. The van der Waals surface area contributed by atoms with E-state index < -0.39 is 0 Å². The van der Waals surface area contributed by atoms with Gasteiger partial charge in [-0.25, -0.2) is 4.68 Å². The molecule has 5 nitrogen and oxygen atoms in total. The largest absolute Gasteiger partial charge is 0.394 e. The van der Waals surface area contributed by atoms with Crippen LogP contribution in [0.5, 0.6) is 0 Å². The minimum Gasteiger partial charge on any atom is -0.394 e. The molecule has 1 aliphatic rings. The van der Waals surface area contributed by atoms with Crippen molar-refractivity contribution >= 4 is 0 Å². The molecule has 1 fully saturated rings. The third-order valence-electron chi connectivity index (χ3n) is 3.42. The van der Waals surface area contributed by atoms with E-state index in [1.54, 1.807) is 4.68 Å². The van der Waals surface area contributed by atoms with E-state index in [2.05, 4.69) is 15.5 Å². The molecule has 1 aromatic rings. The number of hydrogen-bond donors (Lipinski definition) is 1. The van der Waals surface area contributed by atoms with Crippen LogP contribution in [0.25, 0.3) is 0 Å². The molecule has 2 rings (SSSR count). The average molecular weight is 224 g/mol. The van der Waals surface area contributed by atoms with Gasteiger partial charge in [0.25, 0.3) is 0 Å². The van der Waals surface area contributed by atoms with Gasteiger partial charge in [0.15, 0.2) is 5.82 Å². The van der Waals surface area contributed by atoms with Gasteiger partial charge in [-0.15, -0.1) is 5.10 Å². The Hall–Kier alpha value is -0.970. The number of hydrogen-bond acceptors (Lipinski definition) is 4. The van der Waals surface area contributed by atoms with Gasteiger partial charge in [0, 0.05) is 6.42 Å². The molecule has 5 heteroatoms. The summed E-state index contributed by atoms with van der Waals surface area (Å²) in [5.74, 6) is 1.77. The SMILES string of the molecule is OCCn1nnnc1CCC1CCCCC1. The van der Waals surface area contributed by atoms with Gasteiger partial charge in [-0.1, -0.05) is 32.1 Å². The van der Waals surface area contributed by atoms with Crippen molar-refractivity contribution in [2.45, 2.75) is 51.5 Å². The first-order chi connectivity index (χ1) is 7.90. The summed E-state index contributed by atoms with van der Waals surface area (Å²) in [6.07, 6.45) is 9.02. The smallest absolute Gasteiger partial charge is 0.151 e. The van der Waals surface area contributed by atoms with E-state index in [0.29, 0.717) is 6.54 Å². The lowest BCUT2D eigenvalue weighted by atomic mass is 9.86. The zero-order valence-corrected chi connectivity index (χ0v) is 9.68. The first-order valence-electron chi connectivity index (χ1n) is 6.26. The maximum atomic E-state index is 8.86. The van der Waals surface area contributed by atoms with E-state index in [-0.39, 0.29) is 6.61 Å². The van der Waals surface area contributed by atoms with Crippen molar-refractivity contribution in [1.82, 2.24) is 20.2 Å². The fourth-order valence-corrected chi connectivity index (χ4v) is 2.48. The van der Waals surface area contributed by atoms with Crippen LogP contribution in [-0.4, -0.2) is 31.9 Å². The highest BCUT2D eigenvalue weighted by molar-refractivity contribution is 4.82. The van der Waals surface area contributed by atoms with Crippen molar-refractivity contribution in [2.24, 2.45) is 5.92 Å². The zero-order chi connectivity index (χ0) is 11.2. The Balaban J connectivity index is 1.81. The van der Waals surface area contributed by atoms with Gasteiger partial charge in [-0.3, -0.25) is 0 Å². The van der Waals surface area contributed by atoms with Crippen LogP contribution in [-0.2, 0) is 13.0 Å². The van der Waals surface area contributed by atoms with E-state index in [1.807, 2.05) is 0 Å². The molecule has 90 valence electrons. The van der Waals surface area contributed by atoms with E-state index in [4.69, 9.17) is 5.11 Å². The third-order valence-corrected chi connectivity index (χ3v) is 3.42. The van der Waals surface area contributed by atoms with Crippen molar-refractivity contribution in [3.8, 4) is 0 Å². The molecule has 0 atom stereocenters. The van der Waals surface area contributed by atoms with E-state index >= 15 is 0 Å². The summed E-state index contributed by atoms with van der Waals surface area (Å²) in [6.45, 7) is 0.606. The molecule has 0 spiro atoms. The Morgan fingerprint density at radius 2 is 2.06 bits per heavy atom. The predicted octanol–water partition coefficient (Wildman–Crippen LogP) is 1.18. The number of aliphatic hydroxyl groups is 1. The van der Waals surface area contributed by atoms with Gasteiger partial charge in [0.2, 0.25) is 0 Å². The lowest BCUT2D eigenvalue weighted by molar-refractivity contribution is 0.264. The van der Waals surface area contributed by atoms with Crippen LogP contribution < -0.4 is 0 Å². The van der Waals surface area contributed by atoms with Crippen molar-refractivity contribution in [2.75, 3.05) is 6.61 Å². The average Bonchev–Trinajstić information content (AvgIpc) is 2.76. The topological polar surface area (TPSA) is 63.8 Å². The van der Waals surface area contributed by atoms with Crippen LogP contribution in [0.1, 0.15) is 44.3 Å². The highest BCUT2D eigenvalue weighted by Crippen LogP contribution is 2.27. The first-order valence-corrected chi connectivity index (χ1v) is 6.26. The minimum atomic E-state index is 0.0987. The summed E-state index contributed by atoms with van der Waals surface area (Å²) >= 11 is 0. The summed E-state index contributed by atoms with van der Waals surface area (Å²) in [5, 5.41) is 20.4. The van der Waals surface area contributed by atoms with Crippen molar-refractivity contribution in [1.29, 1.82) is 0 Å². The van der Waals surface area contributed by atoms with Gasteiger partial charge in [0.05, 0.1) is 13.2 Å². The molecule has 1 heterocycles. The van der Waals surface area contributed by atoms with Gasteiger partial charge in [-0.2, -0.15) is 0 Å². The number of nitrogens with zero attached hydrogens (tertiary/aromatic N) is 4. The third kappa shape index (κ3) is 3.01. The van der Waals surface area contributed by atoms with Crippen LogP contribution in [0.2, 0.25) is 0 Å². The van der Waals surface area contributed by atoms with Crippen LogP contribution >= 0.6 is 0 Å². The number of aliphatic hydroxyl groups excluding tert-OH is 1. The molecular formula is C11H20N4O. The van der Waals surface area contributed by atoms with E-state index in [9.17, 15) is 0 Å². The van der Waals surface area contributed by atoms with Crippen molar-refractivity contribution < 1.29 is 5.11 Å². The summed E-state index contributed by atoms with van der Waals surface area (Å²) in [7, 11) is 0. The summed E-state index contributed by atoms with van der Waals surface area (Å²) < 4.78 is 1.71. The van der Waals surface area contributed by atoms with Gasteiger partial charge < -0.3 is 5.11 Å². The standard InChI is InChI=1S/C11H20N4O/c16-9-8-15-11(12-13-14-15)7-6-10-4-2-1-3-5-10/h10,16H,1-9H2. The summed E-state index contributed by atoms with van der Waals surface area (Å²) in [6, 6.07) is 0. The van der Waals surface area contributed by atoms with Gasteiger partial charge in [0.1, 0.15) is 0 Å². The molecule has 1 aliphatic carbocycles. The Bertz CT molecular complexity index is 307. The number of rotatable bonds is 5. The van der Waals surface area contributed by atoms with Crippen molar-refractivity contribution in [3.63, 3.8) is 0 Å². The Kier molecular flexibility index (Phi) is 4.27. The zero-order valence-electron chi connectivity index (χ0n) is 9.68. The predicted molar refractivity (Wildman–Crippen MR) is 59.8 cm³/mol. The van der Waals surface area contributed by atoms with Crippen LogP contribution in [0.15, 0.2) is 0 Å². The van der Waals surface area contributed by atoms with Crippen LogP contribution in [0, 0.1) is 5.92 Å². The molecule has 0 amide bonds. The number of tetrazole rings is 1. The maximum Gasteiger partial charge on any atom is 0.151 e. The molecular weight excluding hydrogens is 204 g/mol. The molecule has 0 aliphatic heterocycles. The minimum absolute atomic E-state index is 0.0987. The Morgan fingerprint density at radius 1 is 1.25 bits per heavy atom. The highest BCUT2D eigenvalue weighted by Gasteiger charge is 2.15. The second kappa shape index (κ2) is 5.94. The van der Waals surface area contributed by atoms with Crippen LogP contribution in [0.3, 0.4) is 0 Å². The van der Waals surface area contributed by atoms with Gasteiger partial charge >= 0.3 is 0 Å². The second-order valence-corrected chi connectivity index (χ2v) is 4.58. The molecule has 1 aromatic heterocycles. The molecule has 0 unspecified atom stereocenters. The number of aromatic nitrogens is 4. The summed E-state index contributed by atoms with van der Waals surface area (Å²) in [5.41, 5.74) is 0. The van der Waals surface area contributed by atoms with Crippen LogP contribution in [0.4, 0.5) is 0 Å². The fraction of sp³-hybridized carbons (Fsp3) is 0.909. The lowest BCUT2D eigenvalue weighted by Crippen LogP contribution is -2.12. The summed E-state index contributed by atoms with van der Waals surface area (Å²) in [4.78, 5) is 0. The normalized spacial score (nSPS) is 17.8. The van der Waals surface area contributed by atoms with Crippen molar-refractivity contribution in [3.05, 3.63) is 5.82 Å². The van der Waals surface area contributed by atoms with Gasteiger partial charge in [-0.05, 0) is 22.8 Å². The Labute approximate surface area is 95.9 Å². The highest BCUT2D eigenvalue weighted by atomic mass is 16.3. The molecule has 16 heavy (non-hydrogen) atoms. The molecule has 0 bridgehead atoms. The quantitative estimate of drug-likeness (QED) is 0.815. The monoisotopic (exact) mass is 224 g/mol. The van der Waals surface area contributed by atoms with E-state index in [1.165, 1.54) is 38.5 Å². The lowest BCUT2D eigenvalue weighted by Gasteiger charge is -2.20. The second-order valence-electron chi connectivity index (χ2n) is 4.58. The first kappa shape index (κ1) is 11.5. The number of aryl methyl sites for hydroxylation is 1. The molecule has 0 radical (unpaired) electrons. The molecule has 0 saturated heterocycles. The van der Waals surface area contributed by atoms with E-state index in [0.717, 1.165) is 18.2 Å². The maximum absolute atomic E-state index is 8.86. The molecule has 1 saturated carbocycles. The Morgan fingerprint density at radius 3 is 2.81 bits per heavy atom. The fourth-order valence-electron chi connectivity index (χ4n) is 2.48.